The third kappa shape index (κ3) is 2.15. The van der Waals surface area contributed by atoms with E-state index in [0.717, 1.165) is 25.2 Å². The van der Waals surface area contributed by atoms with E-state index in [2.05, 4.69) is 20.5 Å². The molecule has 2 aromatic heterocycles. The number of hydrogen-bond acceptors (Lipinski definition) is 4. The first-order chi connectivity index (χ1) is 6.84. The quantitative estimate of drug-likeness (QED) is 0.686. The number of hydrogen-bond donors (Lipinski definition) is 0. The van der Waals surface area contributed by atoms with Crippen LogP contribution in [0.4, 0.5) is 0 Å². The third-order valence-corrected chi connectivity index (χ3v) is 1.90. The van der Waals surface area contributed by atoms with Gasteiger partial charge in [0, 0.05) is 25.4 Å². The first-order valence-corrected chi connectivity index (χ1v) is 4.55. The van der Waals surface area contributed by atoms with E-state index in [1.54, 1.807) is 13.2 Å². The highest BCUT2D eigenvalue weighted by Gasteiger charge is 1.99. The average molecular weight is 192 g/mol. The molecule has 0 radical (unpaired) electrons. The normalized spacial score (nSPS) is 10.6. The molecule has 6 nitrogen and oxygen atoms in total. The fraction of sp³-hybridized carbons (Fsp3) is 0.500. The molecule has 0 saturated heterocycles. The molecule has 0 fully saturated rings. The third-order valence-electron chi connectivity index (χ3n) is 1.90. The van der Waals surface area contributed by atoms with Crippen LogP contribution in [0.25, 0.3) is 0 Å². The van der Waals surface area contributed by atoms with E-state index in [-0.39, 0.29) is 0 Å². The smallest absolute Gasteiger partial charge is 0.174 e. The van der Waals surface area contributed by atoms with Crippen molar-refractivity contribution in [3.8, 4) is 0 Å². The second-order valence-electron chi connectivity index (χ2n) is 3.07. The Bertz CT molecular complexity index is 376. The summed E-state index contributed by atoms with van der Waals surface area (Å²) in [5, 5.41) is 15.9. The monoisotopic (exact) mass is 192 g/mol. The Labute approximate surface area is 81.5 Å². The SMILES string of the molecule is Cn1nnc(CCCn2cccn2)n1. The van der Waals surface area contributed by atoms with Gasteiger partial charge in [-0.15, -0.1) is 10.2 Å². The zero-order chi connectivity index (χ0) is 9.80. The summed E-state index contributed by atoms with van der Waals surface area (Å²) in [5.41, 5.74) is 0. The molecule has 0 aliphatic carbocycles. The zero-order valence-electron chi connectivity index (χ0n) is 8.04. The molecule has 0 bridgehead atoms. The molecule has 2 aromatic rings. The molecule has 0 atom stereocenters. The van der Waals surface area contributed by atoms with Crippen molar-refractivity contribution in [3.63, 3.8) is 0 Å². The maximum Gasteiger partial charge on any atom is 0.174 e. The summed E-state index contributed by atoms with van der Waals surface area (Å²) in [6.07, 6.45) is 5.55. The first kappa shape index (κ1) is 8.86. The lowest BCUT2D eigenvalue weighted by molar-refractivity contribution is 0.568. The maximum atomic E-state index is 4.11. The summed E-state index contributed by atoms with van der Waals surface area (Å²) in [6.45, 7) is 0.894. The van der Waals surface area contributed by atoms with Crippen LogP contribution in [0.3, 0.4) is 0 Å². The van der Waals surface area contributed by atoms with Crippen LogP contribution in [0.15, 0.2) is 18.5 Å². The van der Waals surface area contributed by atoms with Crippen LogP contribution in [-0.4, -0.2) is 30.0 Å². The van der Waals surface area contributed by atoms with Crippen molar-refractivity contribution in [1.29, 1.82) is 0 Å². The summed E-state index contributed by atoms with van der Waals surface area (Å²) < 4.78 is 1.90. The van der Waals surface area contributed by atoms with E-state index in [1.165, 1.54) is 4.80 Å². The lowest BCUT2D eigenvalue weighted by Crippen LogP contribution is -2.01. The lowest BCUT2D eigenvalue weighted by atomic mass is 10.3. The Morgan fingerprint density at radius 1 is 1.43 bits per heavy atom. The molecule has 0 unspecified atom stereocenters. The predicted molar refractivity (Wildman–Crippen MR) is 49.3 cm³/mol. The van der Waals surface area contributed by atoms with Crippen LogP contribution in [-0.2, 0) is 20.0 Å². The minimum Gasteiger partial charge on any atom is -0.273 e. The second-order valence-corrected chi connectivity index (χ2v) is 3.07. The number of rotatable bonds is 4. The average Bonchev–Trinajstić information content (AvgIpc) is 2.77. The summed E-state index contributed by atoms with van der Waals surface area (Å²) >= 11 is 0. The van der Waals surface area contributed by atoms with E-state index in [1.807, 2.05) is 16.9 Å². The Hall–Kier alpha value is -1.72. The first-order valence-electron chi connectivity index (χ1n) is 4.55. The van der Waals surface area contributed by atoms with E-state index in [0.29, 0.717) is 0 Å². The molecule has 0 amide bonds. The molecule has 0 saturated carbocycles. The molecular weight excluding hydrogens is 180 g/mol. The molecule has 0 aliphatic heterocycles. The molecule has 0 spiro atoms. The van der Waals surface area contributed by atoms with Gasteiger partial charge in [-0.1, -0.05) is 0 Å². The van der Waals surface area contributed by atoms with E-state index in [4.69, 9.17) is 0 Å². The second kappa shape index (κ2) is 3.99. The zero-order valence-corrected chi connectivity index (χ0v) is 8.04. The van der Waals surface area contributed by atoms with Gasteiger partial charge in [-0.2, -0.15) is 9.90 Å². The maximum absolute atomic E-state index is 4.11. The van der Waals surface area contributed by atoms with Crippen molar-refractivity contribution < 1.29 is 0 Å². The van der Waals surface area contributed by atoms with Crippen molar-refractivity contribution >= 4 is 0 Å². The van der Waals surface area contributed by atoms with E-state index < -0.39 is 0 Å². The van der Waals surface area contributed by atoms with Crippen LogP contribution in [0.5, 0.6) is 0 Å². The molecule has 0 aromatic carbocycles. The number of aryl methyl sites for hydroxylation is 3. The highest BCUT2D eigenvalue weighted by molar-refractivity contribution is 4.79. The van der Waals surface area contributed by atoms with Crippen molar-refractivity contribution in [2.45, 2.75) is 19.4 Å². The largest absolute Gasteiger partial charge is 0.273 e. The van der Waals surface area contributed by atoms with Crippen molar-refractivity contribution in [2.24, 2.45) is 7.05 Å². The van der Waals surface area contributed by atoms with Crippen LogP contribution in [0.2, 0.25) is 0 Å². The van der Waals surface area contributed by atoms with Crippen LogP contribution >= 0.6 is 0 Å². The van der Waals surface area contributed by atoms with Crippen LogP contribution in [0.1, 0.15) is 12.2 Å². The number of nitrogens with zero attached hydrogens (tertiary/aromatic N) is 6. The fourth-order valence-corrected chi connectivity index (χ4v) is 1.26. The molecule has 2 rings (SSSR count). The van der Waals surface area contributed by atoms with Gasteiger partial charge in [-0.3, -0.25) is 4.68 Å². The van der Waals surface area contributed by atoms with Crippen LogP contribution in [0, 0.1) is 0 Å². The summed E-state index contributed by atoms with van der Waals surface area (Å²) in [4.78, 5) is 1.48. The molecule has 6 heteroatoms. The molecule has 74 valence electrons. The Morgan fingerprint density at radius 2 is 2.36 bits per heavy atom. The molecule has 14 heavy (non-hydrogen) atoms. The Morgan fingerprint density at radius 3 is 3.00 bits per heavy atom. The van der Waals surface area contributed by atoms with Crippen molar-refractivity contribution in [2.75, 3.05) is 0 Å². The van der Waals surface area contributed by atoms with Gasteiger partial charge in [0.25, 0.3) is 0 Å². The summed E-state index contributed by atoms with van der Waals surface area (Å²) in [7, 11) is 1.77. The van der Waals surface area contributed by atoms with Crippen LogP contribution < -0.4 is 0 Å². The topological polar surface area (TPSA) is 61.4 Å². The number of tetrazole rings is 1. The molecule has 0 aliphatic rings. The van der Waals surface area contributed by atoms with E-state index in [9.17, 15) is 0 Å². The van der Waals surface area contributed by atoms with Gasteiger partial charge in [-0.25, -0.2) is 0 Å². The van der Waals surface area contributed by atoms with Crippen molar-refractivity contribution in [1.82, 2.24) is 30.0 Å². The molecule has 2 heterocycles. The van der Waals surface area contributed by atoms with Crippen molar-refractivity contribution in [3.05, 3.63) is 24.3 Å². The van der Waals surface area contributed by atoms with Gasteiger partial charge in [0.15, 0.2) is 5.82 Å². The lowest BCUT2D eigenvalue weighted by Gasteiger charge is -1.97. The van der Waals surface area contributed by atoms with Gasteiger partial charge >= 0.3 is 0 Å². The molecular formula is C8H12N6. The molecule has 0 N–H and O–H groups in total. The summed E-state index contributed by atoms with van der Waals surface area (Å²) in [5.74, 6) is 0.791. The highest BCUT2D eigenvalue weighted by atomic mass is 15.6. The van der Waals surface area contributed by atoms with Gasteiger partial charge in [-0.05, 0) is 17.7 Å². The Balaban J connectivity index is 1.78. The summed E-state index contributed by atoms with van der Waals surface area (Å²) in [6, 6.07) is 1.92. The number of aromatic nitrogens is 6. The van der Waals surface area contributed by atoms with E-state index >= 15 is 0 Å². The van der Waals surface area contributed by atoms with Gasteiger partial charge in [0.05, 0.1) is 7.05 Å². The fourth-order valence-electron chi connectivity index (χ4n) is 1.26. The standard InChI is InChI=1S/C8H12N6/c1-13-11-8(10-12-13)4-2-6-14-7-3-5-9-14/h3,5,7H,2,4,6H2,1H3. The van der Waals surface area contributed by atoms with Gasteiger partial charge < -0.3 is 0 Å². The minimum atomic E-state index is 0.791. The predicted octanol–water partition coefficient (Wildman–Crippen LogP) is 0.0394. The minimum absolute atomic E-state index is 0.791. The van der Waals surface area contributed by atoms with Gasteiger partial charge in [0.2, 0.25) is 0 Å². The van der Waals surface area contributed by atoms with Gasteiger partial charge in [0.1, 0.15) is 0 Å². The Kier molecular flexibility index (Phi) is 2.53. The highest BCUT2D eigenvalue weighted by Crippen LogP contribution is 1.96.